The fourth-order valence-corrected chi connectivity index (χ4v) is 4.84. The van der Waals surface area contributed by atoms with Crippen LogP contribution in [0.1, 0.15) is 72.5 Å². The second-order valence-corrected chi connectivity index (χ2v) is 12.1. The zero-order valence-electron chi connectivity index (χ0n) is 24.7. The summed E-state index contributed by atoms with van der Waals surface area (Å²) < 4.78 is 8.34. The zero-order valence-corrected chi connectivity index (χ0v) is 24.7. The molecule has 2 aromatic heterocycles. The molecule has 0 bridgehead atoms. The SMILES string of the molecule is Cc1nnc2c(NCCCCNC(=O)CC(C)C)nc3cc(OC4CCN(C(=O)NC(C)(C)C)CC4)ccc3n12. The molecule has 0 saturated carbocycles. The second-order valence-electron chi connectivity index (χ2n) is 12.1. The third-order valence-corrected chi connectivity index (χ3v) is 6.78. The zero-order chi connectivity index (χ0) is 28.9. The Balaban J connectivity index is 1.37. The van der Waals surface area contributed by atoms with Gasteiger partial charge < -0.3 is 25.6 Å². The molecule has 1 aliphatic heterocycles. The number of aryl methyl sites for hydroxylation is 1. The number of aromatic nitrogens is 4. The fourth-order valence-electron chi connectivity index (χ4n) is 4.84. The molecular formula is C29H44N8O3. The van der Waals surface area contributed by atoms with Gasteiger partial charge in [-0.25, -0.2) is 9.78 Å². The Morgan fingerprint density at radius 1 is 1.10 bits per heavy atom. The minimum atomic E-state index is -0.254. The maximum Gasteiger partial charge on any atom is 0.317 e. The molecule has 3 heterocycles. The summed E-state index contributed by atoms with van der Waals surface area (Å²) in [5.41, 5.74) is 2.13. The number of carbonyl (C=O) groups is 2. The van der Waals surface area contributed by atoms with Crippen molar-refractivity contribution >= 4 is 34.4 Å². The van der Waals surface area contributed by atoms with Crippen LogP contribution < -0.4 is 20.7 Å². The van der Waals surface area contributed by atoms with Gasteiger partial charge in [0.1, 0.15) is 17.7 Å². The third kappa shape index (κ3) is 7.73. The summed E-state index contributed by atoms with van der Waals surface area (Å²) in [7, 11) is 0. The van der Waals surface area contributed by atoms with Crippen molar-refractivity contribution in [1.29, 1.82) is 0 Å². The van der Waals surface area contributed by atoms with Crippen molar-refractivity contribution in [2.75, 3.05) is 31.5 Å². The van der Waals surface area contributed by atoms with Crippen LogP contribution in [0.2, 0.25) is 0 Å². The lowest BCUT2D eigenvalue weighted by atomic mass is 10.1. The number of anilines is 1. The van der Waals surface area contributed by atoms with E-state index in [0.29, 0.717) is 50.0 Å². The van der Waals surface area contributed by atoms with E-state index in [0.717, 1.165) is 48.3 Å². The molecule has 11 heteroatoms. The number of amides is 3. The van der Waals surface area contributed by atoms with E-state index >= 15 is 0 Å². The normalized spacial score (nSPS) is 14.6. The first-order valence-electron chi connectivity index (χ1n) is 14.4. The molecule has 1 fully saturated rings. The van der Waals surface area contributed by atoms with Crippen LogP contribution in [0.3, 0.4) is 0 Å². The number of urea groups is 1. The van der Waals surface area contributed by atoms with Crippen LogP contribution >= 0.6 is 0 Å². The van der Waals surface area contributed by atoms with E-state index < -0.39 is 0 Å². The Kier molecular flexibility index (Phi) is 9.32. The van der Waals surface area contributed by atoms with Gasteiger partial charge in [0.05, 0.1) is 11.0 Å². The van der Waals surface area contributed by atoms with Crippen molar-refractivity contribution in [3.8, 4) is 5.75 Å². The minimum absolute atomic E-state index is 0.0231. The predicted molar refractivity (Wildman–Crippen MR) is 157 cm³/mol. The Hall–Kier alpha value is -3.63. The molecule has 0 unspecified atom stereocenters. The summed E-state index contributed by atoms with van der Waals surface area (Å²) in [6, 6.07) is 5.89. The van der Waals surface area contributed by atoms with E-state index in [9.17, 15) is 9.59 Å². The second kappa shape index (κ2) is 12.7. The van der Waals surface area contributed by atoms with Gasteiger partial charge in [-0.3, -0.25) is 9.20 Å². The number of likely N-dealkylation sites (tertiary alicyclic amines) is 1. The maximum absolute atomic E-state index is 12.5. The fraction of sp³-hybridized carbons (Fsp3) is 0.621. The van der Waals surface area contributed by atoms with Crippen molar-refractivity contribution in [1.82, 2.24) is 35.1 Å². The van der Waals surface area contributed by atoms with E-state index in [1.54, 1.807) is 0 Å². The van der Waals surface area contributed by atoms with E-state index in [4.69, 9.17) is 9.72 Å². The molecule has 1 aliphatic rings. The summed E-state index contributed by atoms with van der Waals surface area (Å²) >= 11 is 0. The van der Waals surface area contributed by atoms with E-state index in [-0.39, 0.29) is 23.6 Å². The van der Waals surface area contributed by atoms with Crippen molar-refractivity contribution in [2.45, 2.75) is 85.3 Å². The van der Waals surface area contributed by atoms with Crippen molar-refractivity contribution in [3.63, 3.8) is 0 Å². The molecule has 3 aromatic rings. The van der Waals surface area contributed by atoms with E-state index in [2.05, 4.69) is 26.1 Å². The minimum Gasteiger partial charge on any atom is -0.490 e. The van der Waals surface area contributed by atoms with Gasteiger partial charge in [0.2, 0.25) is 11.6 Å². The largest absolute Gasteiger partial charge is 0.490 e. The van der Waals surface area contributed by atoms with Gasteiger partial charge in [-0.05, 0) is 58.6 Å². The summed E-state index contributed by atoms with van der Waals surface area (Å²) in [4.78, 5) is 31.1. The quantitative estimate of drug-likeness (QED) is 0.320. The lowest BCUT2D eigenvalue weighted by Crippen LogP contribution is -2.51. The molecule has 1 saturated heterocycles. The number of piperidine rings is 1. The van der Waals surface area contributed by atoms with Crippen LogP contribution in [0.5, 0.6) is 5.75 Å². The maximum atomic E-state index is 12.5. The van der Waals surface area contributed by atoms with Crippen LogP contribution in [0, 0.1) is 12.8 Å². The molecule has 3 N–H and O–H groups in total. The number of hydrogen-bond acceptors (Lipinski definition) is 7. The molecule has 4 rings (SSSR count). The van der Waals surface area contributed by atoms with Crippen molar-refractivity contribution < 1.29 is 14.3 Å². The molecule has 11 nitrogen and oxygen atoms in total. The number of fused-ring (bicyclic) bond motifs is 3. The number of nitrogens with one attached hydrogen (secondary N) is 3. The van der Waals surface area contributed by atoms with Crippen LogP contribution in [-0.2, 0) is 4.79 Å². The van der Waals surface area contributed by atoms with Gasteiger partial charge in [0.15, 0.2) is 5.82 Å². The Bertz CT molecular complexity index is 1320. The molecule has 0 spiro atoms. The Morgan fingerprint density at radius 2 is 1.82 bits per heavy atom. The number of ether oxygens (including phenoxy) is 1. The highest BCUT2D eigenvalue weighted by Crippen LogP contribution is 2.27. The van der Waals surface area contributed by atoms with Crippen molar-refractivity contribution in [2.24, 2.45) is 5.92 Å². The highest BCUT2D eigenvalue weighted by Gasteiger charge is 2.26. The van der Waals surface area contributed by atoms with Gasteiger partial charge in [0, 0.05) is 57.0 Å². The van der Waals surface area contributed by atoms with Gasteiger partial charge in [-0.1, -0.05) is 13.8 Å². The molecule has 218 valence electrons. The first kappa shape index (κ1) is 29.4. The number of nitrogens with zero attached hydrogens (tertiary/aromatic N) is 5. The van der Waals surface area contributed by atoms with Gasteiger partial charge in [-0.15, -0.1) is 10.2 Å². The Morgan fingerprint density at radius 3 is 2.52 bits per heavy atom. The average Bonchev–Trinajstić information content (AvgIpc) is 3.27. The van der Waals surface area contributed by atoms with Gasteiger partial charge in [-0.2, -0.15) is 0 Å². The van der Waals surface area contributed by atoms with E-state index in [1.165, 1.54) is 0 Å². The van der Waals surface area contributed by atoms with Crippen LogP contribution in [0.4, 0.5) is 10.6 Å². The molecule has 40 heavy (non-hydrogen) atoms. The molecule has 0 atom stereocenters. The van der Waals surface area contributed by atoms with Crippen LogP contribution in [0.15, 0.2) is 18.2 Å². The number of hydrogen-bond donors (Lipinski definition) is 3. The number of unbranched alkanes of at least 4 members (excludes halogenated alkanes) is 1. The van der Waals surface area contributed by atoms with Crippen molar-refractivity contribution in [3.05, 3.63) is 24.0 Å². The summed E-state index contributed by atoms with van der Waals surface area (Å²) in [5.74, 6) is 2.68. The topological polar surface area (TPSA) is 126 Å². The first-order valence-corrected chi connectivity index (χ1v) is 14.4. The first-order chi connectivity index (χ1) is 19.0. The lowest BCUT2D eigenvalue weighted by Gasteiger charge is -2.34. The summed E-state index contributed by atoms with van der Waals surface area (Å²) in [6.07, 6.45) is 3.91. The monoisotopic (exact) mass is 552 g/mol. The standard InChI is InChI=1S/C29H44N8O3/c1-19(2)17-25(38)30-13-7-8-14-31-26-27-35-34-20(3)37(27)24-10-9-22(18-23(24)32-26)40-21-11-15-36(16-12-21)28(39)33-29(4,5)6/h9-10,18-19,21H,7-8,11-17H2,1-6H3,(H,30,38)(H,31,32)(H,33,39). The smallest absolute Gasteiger partial charge is 0.317 e. The number of benzene rings is 1. The summed E-state index contributed by atoms with van der Waals surface area (Å²) in [6.45, 7) is 14.7. The van der Waals surface area contributed by atoms with Crippen LogP contribution in [-0.4, -0.2) is 74.2 Å². The molecule has 0 aliphatic carbocycles. The molecule has 0 radical (unpaired) electrons. The Labute approximate surface area is 236 Å². The predicted octanol–water partition coefficient (Wildman–Crippen LogP) is 4.29. The van der Waals surface area contributed by atoms with Gasteiger partial charge in [0.25, 0.3) is 0 Å². The van der Waals surface area contributed by atoms with Gasteiger partial charge >= 0.3 is 6.03 Å². The lowest BCUT2D eigenvalue weighted by molar-refractivity contribution is -0.121. The number of rotatable bonds is 10. The van der Waals surface area contributed by atoms with Crippen LogP contribution in [0.25, 0.3) is 16.7 Å². The number of carbonyl (C=O) groups excluding carboxylic acids is 2. The summed E-state index contributed by atoms with van der Waals surface area (Å²) in [5, 5.41) is 18.1. The molecule has 1 aromatic carbocycles. The molecular weight excluding hydrogens is 508 g/mol. The highest BCUT2D eigenvalue weighted by atomic mass is 16.5. The highest BCUT2D eigenvalue weighted by molar-refractivity contribution is 5.84. The third-order valence-electron chi connectivity index (χ3n) is 6.78. The molecule has 3 amide bonds. The van der Waals surface area contributed by atoms with E-state index in [1.807, 2.05) is 69.0 Å². The average molecular weight is 553 g/mol.